The lowest BCUT2D eigenvalue weighted by Crippen LogP contribution is -2.62. The molecule has 1 atom stereocenters. The van der Waals surface area contributed by atoms with Gasteiger partial charge in [-0.2, -0.15) is 8.78 Å². The van der Waals surface area contributed by atoms with Gasteiger partial charge in [-0.1, -0.05) is 0 Å². The standard InChI is InChI=1S/C9H15F2NO2/c1-6-5-9(10,11)12(6)7(13)14-8(2,3)4/h6H,5H2,1-4H3. The van der Waals surface area contributed by atoms with E-state index in [9.17, 15) is 13.6 Å². The Balaban J connectivity index is 2.62. The van der Waals surface area contributed by atoms with Crippen molar-refractivity contribution in [2.45, 2.75) is 51.8 Å². The van der Waals surface area contributed by atoms with Gasteiger partial charge in [0.1, 0.15) is 5.60 Å². The van der Waals surface area contributed by atoms with Crippen LogP contribution >= 0.6 is 0 Å². The topological polar surface area (TPSA) is 29.5 Å². The zero-order chi connectivity index (χ0) is 11.1. The molecule has 1 unspecified atom stereocenters. The molecule has 1 saturated heterocycles. The fraction of sp³-hybridized carbons (Fsp3) is 0.889. The van der Waals surface area contributed by atoms with Crippen LogP contribution in [0.3, 0.4) is 0 Å². The van der Waals surface area contributed by atoms with Crippen molar-refractivity contribution in [3.63, 3.8) is 0 Å². The fourth-order valence-corrected chi connectivity index (χ4v) is 1.38. The van der Waals surface area contributed by atoms with Crippen molar-refractivity contribution in [1.29, 1.82) is 0 Å². The summed E-state index contributed by atoms with van der Waals surface area (Å²) < 4.78 is 30.7. The first-order valence-electron chi connectivity index (χ1n) is 4.53. The molecule has 0 saturated carbocycles. The molecule has 0 radical (unpaired) electrons. The molecule has 1 amide bonds. The fourth-order valence-electron chi connectivity index (χ4n) is 1.38. The van der Waals surface area contributed by atoms with Crippen molar-refractivity contribution in [3.05, 3.63) is 0 Å². The molecule has 1 aliphatic heterocycles. The predicted molar refractivity (Wildman–Crippen MR) is 47.1 cm³/mol. The molecular formula is C9H15F2NO2. The van der Waals surface area contributed by atoms with Crippen LogP contribution in [0.5, 0.6) is 0 Å². The van der Waals surface area contributed by atoms with Crippen LogP contribution in [0.1, 0.15) is 34.1 Å². The van der Waals surface area contributed by atoms with Gasteiger partial charge in [-0.3, -0.25) is 0 Å². The Kier molecular flexibility index (Phi) is 2.46. The van der Waals surface area contributed by atoms with Crippen LogP contribution in [0.15, 0.2) is 0 Å². The highest BCUT2D eigenvalue weighted by Crippen LogP contribution is 2.40. The minimum Gasteiger partial charge on any atom is -0.444 e. The minimum atomic E-state index is -3.04. The van der Waals surface area contributed by atoms with Crippen molar-refractivity contribution in [2.24, 2.45) is 0 Å². The van der Waals surface area contributed by atoms with E-state index in [1.54, 1.807) is 27.7 Å². The van der Waals surface area contributed by atoms with Crippen LogP contribution < -0.4 is 0 Å². The number of rotatable bonds is 0. The van der Waals surface area contributed by atoms with Crippen molar-refractivity contribution >= 4 is 6.09 Å². The largest absolute Gasteiger partial charge is 0.444 e. The van der Waals surface area contributed by atoms with Crippen LogP contribution in [0.2, 0.25) is 0 Å². The average molecular weight is 207 g/mol. The summed E-state index contributed by atoms with van der Waals surface area (Å²) in [5, 5.41) is 0. The minimum absolute atomic E-state index is 0.285. The number of hydrogen-bond donors (Lipinski definition) is 0. The van der Waals surface area contributed by atoms with Crippen molar-refractivity contribution in [1.82, 2.24) is 4.90 Å². The summed E-state index contributed by atoms with van der Waals surface area (Å²) in [7, 11) is 0. The molecule has 0 aliphatic carbocycles. The second-order valence-electron chi connectivity index (χ2n) is 4.57. The Morgan fingerprint density at radius 1 is 1.50 bits per heavy atom. The van der Waals surface area contributed by atoms with Gasteiger partial charge < -0.3 is 4.74 Å². The third-order valence-electron chi connectivity index (χ3n) is 1.92. The number of halogens is 2. The maximum absolute atomic E-state index is 12.9. The maximum Gasteiger partial charge on any atom is 0.415 e. The van der Waals surface area contributed by atoms with E-state index in [2.05, 4.69) is 0 Å². The average Bonchev–Trinajstić information content (AvgIpc) is 1.77. The second kappa shape index (κ2) is 3.07. The second-order valence-corrected chi connectivity index (χ2v) is 4.57. The molecule has 0 spiro atoms. The van der Waals surface area contributed by atoms with Gasteiger partial charge in [0.05, 0.1) is 6.42 Å². The number of hydrogen-bond acceptors (Lipinski definition) is 2. The number of carbonyl (C=O) groups is 1. The lowest BCUT2D eigenvalue weighted by atomic mass is 10.0. The van der Waals surface area contributed by atoms with Crippen LogP contribution in [-0.4, -0.2) is 28.7 Å². The molecule has 5 heteroatoms. The number of alkyl halides is 2. The summed E-state index contributed by atoms with van der Waals surface area (Å²) in [5.74, 6) is 0. The number of amides is 1. The van der Waals surface area contributed by atoms with Crippen molar-refractivity contribution in [2.75, 3.05) is 0 Å². The summed E-state index contributed by atoms with van der Waals surface area (Å²) in [5.41, 5.74) is -0.734. The van der Waals surface area contributed by atoms with Crippen molar-refractivity contribution in [3.8, 4) is 0 Å². The Morgan fingerprint density at radius 2 is 2.00 bits per heavy atom. The summed E-state index contributed by atoms with van der Waals surface area (Å²) in [4.78, 5) is 11.8. The summed E-state index contributed by atoms with van der Waals surface area (Å²) in [6, 6.07) is -3.48. The Bertz CT molecular complexity index is 248. The van der Waals surface area contributed by atoms with E-state index in [0.29, 0.717) is 4.90 Å². The smallest absolute Gasteiger partial charge is 0.415 e. The molecule has 1 fully saturated rings. The molecular weight excluding hydrogens is 192 g/mol. The van der Waals surface area contributed by atoms with E-state index in [1.807, 2.05) is 0 Å². The predicted octanol–water partition coefficient (Wildman–Crippen LogP) is 2.61. The number of carbonyl (C=O) groups excluding carboxylic acids is 1. The van der Waals surface area contributed by atoms with E-state index in [1.165, 1.54) is 0 Å². The quantitative estimate of drug-likeness (QED) is 0.571. The number of ether oxygens (including phenoxy) is 1. The van der Waals surface area contributed by atoms with E-state index in [0.717, 1.165) is 0 Å². The molecule has 14 heavy (non-hydrogen) atoms. The lowest BCUT2D eigenvalue weighted by molar-refractivity contribution is -0.228. The first kappa shape index (κ1) is 11.2. The lowest BCUT2D eigenvalue weighted by Gasteiger charge is -2.45. The maximum atomic E-state index is 12.9. The van der Waals surface area contributed by atoms with Gasteiger partial charge in [0, 0.05) is 6.04 Å². The van der Waals surface area contributed by atoms with Gasteiger partial charge in [-0.25, -0.2) is 9.69 Å². The monoisotopic (exact) mass is 207 g/mol. The van der Waals surface area contributed by atoms with Crippen LogP contribution in [0.4, 0.5) is 13.6 Å². The van der Waals surface area contributed by atoms with Gasteiger partial charge >= 0.3 is 12.1 Å². The van der Waals surface area contributed by atoms with Gasteiger partial charge in [-0.15, -0.1) is 0 Å². The highest BCUT2D eigenvalue weighted by molar-refractivity contribution is 5.70. The van der Waals surface area contributed by atoms with E-state index < -0.39 is 23.8 Å². The van der Waals surface area contributed by atoms with Gasteiger partial charge in [0.25, 0.3) is 0 Å². The third-order valence-corrected chi connectivity index (χ3v) is 1.92. The van der Waals surface area contributed by atoms with E-state index in [4.69, 9.17) is 4.74 Å². The molecule has 1 aliphatic rings. The van der Waals surface area contributed by atoms with E-state index in [-0.39, 0.29) is 6.42 Å². The van der Waals surface area contributed by atoms with Gasteiger partial charge in [-0.05, 0) is 27.7 Å². The molecule has 0 bridgehead atoms. The SMILES string of the molecule is CC1CC(F)(F)N1C(=O)OC(C)(C)C. The van der Waals surface area contributed by atoms with Crippen LogP contribution in [0, 0.1) is 0 Å². The number of nitrogens with zero attached hydrogens (tertiary/aromatic N) is 1. The van der Waals surface area contributed by atoms with Gasteiger partial charge in [0.15, 0.2) is 0 Å². The first-order valence-corrected chi connectivity index (χ1v) is 4.53. The number of likely N-dealkylation sites (tertiary alicyclic amines) is 1. The summed E-state index contributed by atoms with van der Waals surface area (Å²) in [6.07, 6.45) is -1.23. The Labute approximate surface area is 82.0 Å². The summed E-state index contributed by atoms with van der Waals surface area (Å²) in [6.45, 7) is 6.51. The Morgan fingerprint density at radius 3 is 2.29 bits per heavy atom. The summed E-state index contributed by atoms with van der Waals surface area (Å²) >= 11 is 0. The molecule has 0 aromatic carbocycles. The van der Waals surface area contributed by atoms with Crippen LogP contribution in [0.25, 0.3) is 0 Å². The molecule has 0 aromatic rings. The molecule has 1 rings (SSSR count). The zero-order valence-electron chi connectivity index (χ0n) is 8.80. The first-order chi connectivity index (χ1) is 6.13. The van der Waals surface area contributed by atoms with Crippen molar-refractivity contribution < 1.29 is 18.3 Å². The molecule has 1 heterocycles. The third kappa shape index (κ3) is 2.13. The Hall–Kier alpha value is -0.870. The zero-order valence-corrected chi connectivity index (χ0v) is 8.80. The molecule has 0 N–H and O–H groups in total. The highest BCUT2D eigenvalue weighted by Gasteiger charge is 2.55. The van der Waals surface area contributed by atoms with E-state index >= 15 is 0 Å². The molecule has 0 aromatic heterocycles. The normalized spacial score (nSPS) is 25.6. The van der Waals surface area contributed by atoms with Crippen LogP contribution in [-0.2, 0) is 4.74 Å². The molecule has 3 nitrogen and oxygen atoms in total. The molecule has 82 valence electrons. The van der Waals surface area contributed by atoms with Gasteiger partial charge in [0.2, 0.25) is 0 Å². The highest BCUT2D eigenvalue weighted by atomic mass is 19.3.